The molecule has 2 fully saturated rings. The van der Waals surface area contributed by atoms with E-state index in [2.05, 4.69) is 24.4 Å². The number of hydrogen-bond acceptors (Lipinski definition) is 3. The summed E-state index contributed by atoms with van der Waals surface area (Å²) in [6.45, 7) is 5.45. The van der Waals surface area contributed by atoms with Gasteiger partial charge in [0.25, 0.3) is 0 Å². The molecule has 22 heavy (non-hydrogen) atoms. The molecule has 1 saturated heterocycles. The molecule has 1 saturated carbocycles. The Bertz CT molecular complexity index is 553. The zero-order valence-electron chi connectivity index (χ0n) is 13.0. The lowest BCUT2D eigenvalue weighted by molar-refractivity contribution is -0.132. The molecule has 120 valence electrons. The van der Waals surface area contributed by atoms with Crippen LogP contribution in [0.2, 0.25) is 0 Å². The van der Waals surface area contributed by atoms with Crippen molar-refractivity contribution in [1.82, 2.24) is 15.1 Å². The molecule has 0 unspecified atom stereocenters. The summed E-state index contributed by atoms with van der Waals surface area (Å²) in [7, 11) is 0. The number of carbonyl (C=O) groups excluding carboxylic acids is 2. The maximum absolute atomic E-state index is 12.3. The van der Waals surface area contributed by atoms with E-state index in [4.69, 9.17) is 0 Å². The number of aryl methyl sites for hydroxylation is 1. The number of nitrogens with zero attached hydrogens (tertiary/aromatic N) is 2. The van der Waals surface area contributed by atoms with Gasteiger partial charge in [0.15, 0.2) is 0 Å². The Balaban J connectivity index is 1.47. The first-order valence-electron chi connectivity index (χ1n) is 8.00. The van der Waals surface area contributed by atoms with Crippen LogP contribution in [0.3, 0.4) is 0 Å². The Morgan fingerprint density at radius 3 is 2.59 bits per heavy atom. The molecule has 3 amide bonds. The summed E-state index contributed by atoms with van der Waals surface area (Å²) < 4.78 is 0. The Morgan fingerprint density at radius 1 is 1.18 bits per heavy atom. The van der Waals surface area contributed by atoms with E-state index in [-0.39, 0.29) is 17.9 Å². The van der Waals surface area contributed by atoms with Gasteiger partial charge < -0.3 is 15.1 Å². The summed E-state index contributed by atoms with van der Waals surface area (Å²) in [6, 6.07) is 4.10. The molecular formula is C16H23N3O2S. The van der Waals surface area contributed by atoms with Gasteiger partial charge in [-0.3, -0.25) is 4.79 Å². The van der Waals surface area contributed by atoms with Crippen LogP contribution in [0.25, 0.3) is 0 Å². The molecule has 1 aliphatic carbocycles. The van der Waals surface area contributed by atoms with Crippen molar-refractivity contribution >= 4 is 23.3 Å². The number of amides is 3. The van der Waals surface area contributed by atoms with E-state index in [0.717, 1.165) is 32.4 Å². The topological polar surface area (TPSA) is 52.7 Å². The SMILES string of the molecule is Cc1ccc(CNC(=O)N2CCCN(C(=O)C3CC3)CC2)s1. The van der Waals surface area contributed by atoms with Gasteiger partial charge in [-0.05, 0) is 38.3 Å². The number of thiophene rings is 1. The largest absolute Gasteiger partial charge is 0.341 e. The fraction of sp³-hybridized carbons (Fsp3) is 0.625. The lowest BCUT2D eigenvalue weighted by atomic mass is 10.3. The van der Waals surface area contributed by atoms with Crippen molar-refractivity contribution in [3.63, 3.8) is 0 Å². The summed E-state index contributed by atoms with van der Waals surface area (Å²) >= 11 is 1.71. The lowest BCUT2D eigenvalue weighted by Gasteiger charge is -2.22. The summed E-state index contributed by atoms with van der Waals surface area (Å²) in [4.78, 5) is 30.6. The number of urea groups is 1. The molecule has 1 aliphatic heterocycles. The summed E-state index contributed by atoms with van der Waals surface area (Å²) in [6.07, 6.45) is 2.95. The first kappa shape index (κ1) is 15.3. The Morgan fingerprint density at radius 2 is 1.91 bits per heavy atom. The minimum absolute atomic E-state index is 0.0215. The highest BCUT2D eigenvalue weighted by Crippen LogP contribution is 2.31. The van der Waals surface area contributed by atoms with Crippen molar-refractivity contribution in [2.24, 2.45) is 5.92 Å². The normalized spacial score (nSPS) is 19.0. The van der Waals surface area contributed by atoms with Crippen LogP contribution >= 0.6 is 11.3 Å². The van der Waals surface area contributed by atoms with Gasteiger partial charge in [0.2, 0.25) is 5.91 Å². The quantitative estimate of drug-likeness (QED) is 0.928. The first-order chi connectivity index (χ1) is 10.6. The van der Waals surface area contributed by atoms with Gasteiger partial charge in [-0.1, -0.05) is 0 Å². The Labute approximate surface area is 135 Å². The van der Waals surface area contributed by atoms with E-state index in [1.165, 1.54) is 9.75 Å². The minimum atomic E-state index is -0.0215. The standard InChI is InChI=1S/C16H23N3O2S/c1-12-3-6-14(22-12)11-17-16(21)19-8-2-7-18(9-10-19)15(20)13-4-5-13/h3,6,13H,2,4-5,7-11H2,1H3,(H,17,21). The molecule has 0 spiro atoms. The van der Waals surface area contributed by atoms with E-state index in [1.807, 2.05) is 9.80 Å². The molecule has 0 radical (unpaired) electrons. The highest BCUT2D eigenvalue weighted by molar-refractivity contribution is 7.11. The number of hydrogen-bond donors (Lipinski definition) is 1. The molecule has 0 atom stereocenters. The second-order valence-corrected chi connectivity index (χ2v) is 7.48. The second-order valence-electron chi connectivity index (χ2n) is 6.11. The molecule has 6 heteroatoms. The zero-order valence-corrected chi connectivity index (χ0v) is 13.8. The molecule has 3 rings (SSSR count). The van der Waals surface area contributed by atoms with Gasteiger partial charge in [-0.15, -0.1) is 11.3 Å². The monoisotopic (exact) mass is 321 g/mol. The minimum Gasteiger partial charge on any atom is -0.341 e. The maximum atomic E-state index is 12.3. The van der Waals surface area contributed by atoms with Crippen LogP contribution in [-0.2, 0) is 11.3 Å². The number of nitrogens with one attached hydrogen (secondary N) is 1. The summed E-state index contributed by atoms with van der Waals surface area (Å²) in [5.74, 6) is 0.554. The second kappa shape index (κ2) is 6.69. The zero-order chi connectivity index (χ0) is 15.5. The fourth-order valence-electron chi connectivity index (χ4n) is 2.78. The highest BCUT2D eigenvalue weighted by Gasteiger charge is 2.34. The van der Waals surface area contributed by atoms with Crippen LogP contribution in [0.5, 0.6) is 0 Å². The average molecular weight is 321 g/mol. The van der Waals surface area contributed by atoms with Gasteiger partial charge in [0.05, 0.1) is 6.54 Å². The molecule has 1 aromatic rings. The summed E-state index contributed by atoms with van der Waals surface area (Å²) in [5.41, 5.74) is 0. The predicted octanol–water partition coefficient (Wildman–Crippen LogP) is 2.21. The molecular weight excluding hydrogens is 298 g/mol. The van der Waals surface area contributed by atoms with Crippen molar-refractivity contribution in [3.8, 4) is 0 Å². The first-order valence-corrected chi connectivity index (χ1v) is 8.82. The van der Waals surface area contributed by atoms with E-state index < -0.39 is 0 Å². The maximum Gasteiger partial charge on any atom is 0.317 e. The van der Waals surface area contributed by atoms with Gasteiger partial charge in [-0.25, -0.2) is 4.79 Å². The average Bonchev–Trinajstić information content (AvgIpc) is 3.30. The van der Waals surface area contributed by atoms with E-state index in [9.17, 15) is 9.59 Å². The van der Waals surface area contributed by atoms with Gasteiger partial charge >= 0.3 is 6.03 Å². The molecule has 1 aromatic heterocycles. The molecule has 0 aromatic carbocycles. The third-order valence-electron chi connectivity index (χ3n) is 4.23. The predicted molar refractivity (Wildman–Crippen MR) is 86.8 cm³/mol. The van der Waals surface area contributed by atoms with Crippen molar-refractivity contribution in [3.05, 3.63) is 21.9 Å². The van der Waals surface area contributed by atoms with Crippen molar-refractivity contribution in [2.45, 2.75) is 32.7 Å². The summed E-state index contributed by atoms with van der Waals surface area (Å²) in [5, 5.41) is 2.98. The van der Waals surface area contributed by atoms with Crippen molar-refractivity contribution < 1.29 is 9.59 Å². The molecule has 2 heterocycles. The molecule has 0 bridgehead atoms. The van der Waals surface area contributed by atoms with Crippen molar-refractivity contribution in [1.29, 1.82) is 0 Å². The molecule has 5 nitrogen and oxygen atoms in total. The lowest BCUT2D eigenvalue weighted by Crippen LogP contribution is -2.42. The molecule has 1 N–H and O–H groups in total. The van der Waals surface area contributed by atoms with Gasteiger partial charge in [0.1, 0.15) is 0 Å². The van der Waals surface area contributed by atoms with Gasteiger partial charge in [-0.2, -0.15) is 0 Å². The van der Waals surface area contributed by atoms with Crippen molar-refractivity contribution in [2.75, 3.05) is 26.2 Å². The molecule has 2 aliphatic rings. The van der Waals surface area contributed by atoms with Crippen LogP contribution < -0.4 is 5.32 Å². The Hall–Kier alpha value is -1.56. The van der Waals surface area contributed by atoms with Crippen LogP contribution in [0.4, 0.5) is 4.79 Å². The van der Waals surface area contributed by atoms with E-state index in [1.54, 1.807) is 11.3 Å². The van der Waals surface area contributed by atoms with E-state index in [0.29, 0.717) is 19.6 Å². The number of carbonyl (C=O) groups is 2. The van der Waals surface area contributed by atoms with Gasteiger partial charge in [0, 0.05) is 41.9 Å². The smallest absolute Gasteiger partial charge is 0.317 e. The van der Waals surface area contributed by atoms with Crippen LogP contribution in [-0.4, -0.2) is 47.9 Å². The Kier molecular flexibility index (Phi) is 4.66. The van der Waals surface area contributed by atoms with Crippen LogP contribution in [0, 0.1) is 12.8 Å². The third-order valence-corrected chi connectivity index (χ3v) is 5.23. The number of rotatable bonds is 3. The fourth-order valence-corrected chi connectivity index (χ4v) is 3.61. The third kappa shape index (κ3) is 3.80. The van der Waals surface area contributed by atoms with Crippen LogP contribution in [0.1, 0.15) is 29.0 Å². The highest BCUT2D eigenvalue weighted by atomic mass is 32.1. The van der Waals surface area contributed by atoms with E-state index >= 15 is 0 Å². The van der Waals surface area contributed by atoms with Crippen LogP contribution in [0.15, 0.2) is 12.1 Å².